The first kappa shape index (κ1) is 26.0. The van der Waals surface area contributed by atoms with E-state index in [0.717, 1.165) is 18.4 Å². The molecule has 0 bridgehead atoms. The zero-order chi connectivity index (χ0) is 25.5. The lowest BCUT2D eigenvalue weighted by atomic mass is 9.89. The molecular weight excluding hydrogens is 482 g/mol. The van der Waals surface area contributed by atoms with Crippen LogP contribution in [0.4, 0.5) is 5.69 Å². The largest absolute Gasteiger partial charge is 0.491 e. The molecule has 0 aromatic heterocycles. The number of benzene rings is 2. The molecule has 3 amide bonds. The van der Waals surface area contributed by atoms with Crippen LogP contribution in [0.25, 0.3) is 0 Å². The molecule has 2 N–H and O–H groups in total. The Kier molecular flexibility index (Phi) is 8.83. The molecule has 0 radical (unpaired) electrons. The minimum absolute atomic E-state index is 0.0560. The molecule has 8 nitrogen and oxygen atoms in total. The van der Waals surface area contributed by atoms with Crippen LogP contribution in [0, 0.1) is 5.92 Å². The molecule has 1 aliphatic carbocycles. The molecule has 0 unspecified atom stereocenters. The molecule has 36 heavy (non-hydrogen) atoms. The molecule has 1 saturated carbocycles. The first-order valence-corrected chi connectivity index (χ1v) is 12.8. The van der Waals surface area contributed by atoms with Crippen molar-refractivity contribution in [1.82, 2.24) is 10.2 Å². The van der Waals surface area contributed by atoms with Gasteiger partial charge in [-0.15, -0.1) is 0 Å². The van der Waals surface area contributed by atoms with Crippen LogP contribution >= 0.6 is 11.6 Å². The highest BCUT2D eigenvalue weighted by molar-refractivity contribution is 6.34. The Morgan fingerprint density at radius 1 is 1.08 bits per heavy atom. The number of hydrogen-bond donors (Lipinski definition) is 2. The summed E-state index contributed by atoms with van der Waals surface area (Å²) in [5.74, 6) is 0.0158. The molecule has 2 aliphatic rings. The van der Waals surface area contributed by atoms with Crippen LogP contribution in [0.15, 0.2) is 42.5 Å². The summed E-state index contributed by atoms with van der Waals surface area (Å²) in [6.07, 6.45) is 5.92. The Labute approximate surface area is 216 Å². The number of carbonyl (C=O) groups is 3. The third-order valence-electron chi connectivity index (χ3n) is 6.71. The van der Waals surface area contributed by atoms with Crippen molar-refractivity contribution in [2.45, 2.75) is 38.6 Å². The average molecular weight is 514 g/mol. The van der Waals surface area contributed by atoms with E-state index in [1.165, 1.54) is 35.1 Å². The van der Waals surface area contributed by atoms with Crippen molar-refractivity contribution in [1.29, 1.82) is 0 Å². The Balaban J connectivity index is 1.48. The fourth-order valence-electron chi connectivity index (χ4n) is 4.79. The number of amides is 3. The number of rotatable bonds is 8. The number of hydrogen-bond acceptors (Lipinski definition) is 5. The van der Waals surface area contributed by atoms with Crippen molar-refractivity contribution in [3.63, 3.8) is 0 Å². The van der Waals surface area contributed by atoms with Crippen LogP contribution in [0.5, 0.6) is 5.75 Å². The van der Waals surface area contributed by atoms with Crippen LogP contribution in [-0.2, 0) is 16.1 Å². The van der Waals surface area contributed by atoms with Gasteiger partial charge in [-0.2, -0.15) is 0 Å². The molecule has 0 spiro atoms. The Morgan fingerprint density at radius 2 is 1.86 bits per heavy atom. The van der Waals surface area contributed by atoms with Crippen molar-refractivity contribution in [2.24, 2.45) is 5.92 Å². The number of aliphatic hydroxyl groups excluding tert-OH is 1. The molecular formula is C27H32ClN3O5. The molecule has 4 rings (SSSR count). The summed E-state index contributed by atoms with van der Waals surface area (Å²) in [5, 5.41) is 12.1. The van der Waals surface area contributed by atoms with E-state index >= 15 is 0 Å². The van der Waals surface area contributed by atoms with Gasteiger partial charge in [0.2, 0.25) is 11.8 Å². The maximum atomic E-state index is 13.5. The summed E-state index contributed by atoms with van der Waals surface area (Å²) in [6.45, 7) is 0.585. The van der Waals surface area contributed by atoms with E-state index in [-0.39, 0.29) is 55.2 Å². The number of carbonyl (C=O) groups excluding carboxylic acids is 3. The highest BCUT2D eigenvalue weighted by atomic mass is 35.5. The number of fused-ring (bicyclic) bond motifs is 1. The van der Waals surface area contributed by atoms with Gasteiger partial charge in [0.1, 0.15) is 18.9 Å². The second-order valence-corrected chi connectivity index (χ2v) is 9.70. The predicted molar refractivity (Wildman–Crippen MR) is 137 cm³/mol. The van der Waals surface area contributed by atoms with Crippen molar-refractivity contribution >= 4 is 35.0 Å². The highest BCUT2D eigenvalue weighted by Gasteiger charge is 2.31. The monoisotopic (exact) mass is 513 g/mol. The van der Waals surface area contributed by atoms with E-state index < -0.39 is 5.91 Å². The molecule has 2 aromatic rings. The van der Waals surface area contributed by atoms with Gasteiger partial charge in [0.15, 0.2) is 0 Å². The minimum atomic E-state index is -0.418. The van der Waals surface area contributed by atoms with Gasteiger partial charge in [-0.1, -0.05) is 49.1 Å². The molecule has 1 fully saturated rings. The standard InChI is InChI=1S/C27H32ClN3O5/c28-23-14-21(36-13-12-32)10-11-22(23)27(35)31-18-26(34)30(16-20-8-4-5-9-24(20)31)17-25(33)29-15-19-6-2-1-3-7-19/h4-5,8-11,14,19,32H,1-3,6-7,12-13,15-18H2,(H,29,33). The molecule has 0 saturated heterocycles. The zero-order valence-electron chi connectivity index (χ0n) is 20.2. The predicted octanol–water partition coefficient (Wildman–Crippen LogP) is 3.40. The topological polar surface area (TPSA) is 99.2 Å². The molecule has 192 valence electrons. The third kappa shape index (κ3) is 6.36. The average Bonchev–Trinajstić information content (AvgIpc) is 3.03. The summed E-state index contributed by atoms with van der Waals surface area (Å²) in [5.41, 5.74) is 1.61. The second kappa shape index (κ2) is 12.2. The van der Waals surface area contributed by atoms with Gasteiger partial charge in [-0.05, 0) is 48.6 Å². The first-order chi connectivity index (χ1) is 17.5. The zero-order valence-corrected chi connectivity index (χ0v) is 21.0. The van der Waals surface area contributed by atoms with Gasteiger partial charge in [-0.3, -0.25) is 19.3 Å². The van der Waals surface area contributed by atoms with E-state index in [4.69, 9.17) is 21.4 Å². The van der Waals surface area contributed by atoms with Crippen LogP contribution < -0.4 is 15.0 Å². The van der Waals surface area contributed by atoms with Crippen LogP contribution in [0.3, 0.4) is 0 Å². The molecule has 0 atom stereocenters. The van der Waals surface area contributed by atoms with Gasteiger partial charge in [0.05, 0.1) is 23.7 Å². The third-order valence-corrected chi connectivity index (χ3v) is 7.03. The van der Waals surface area contributed by atoms with Gasteiger partial charge < -0.3 is 20.1 Å². The summed E-state index contributed by atoms with van der Waals surface area (Å²) >= 11 is 6.38. The quantitative estimate of drug-likeness (QED) is 0.563. The lowest BCUT2D eigenvalue weighted by Gasteiger charge is -2.24. The highest BCUT2D eigenvalue weighted by Crippen LogP contribution is 2.30. The fourth-order valence-corrected chi connectivity index (χ4v) is 5.05. The second-order valence-electron chi connectivity index (χ2n) is 9.29. The van der Waals surface area contributed by atoms with E-state index in [1.54, 1.807) is 18.2 Å². The van der Waals surface area contributed by atoms with Gasteiger partial charge >= 0.3 is 0 Å². The van der Waals surface area contributed by atoms with Gasteiger partial charge in [0, 0.05) is 18.8 Å². The van der Waals surface area contributed by atoms with E-state index in [0.29, 0.717) is 23.9 Å². The number of ether oxygens (including phenoxy) is 1. The Hall–Kier alpha value is -3.10. The number of anilines is 1. The SMILES string of the molecule is O=C(CN1Cc2ccccc2N(C(=O)c2ccc(OCCO)cc2Cl)CC1=O)NCC1CCCCC1. The molecule has 9 heteroatoms. The van der Waals surface area contributed by atoms with E-state index in [2.05, 4.69) is 5.32 Å². The van der Waals surface area contributed by atoms with Crippen molar-refractivity contribution in [3.8, 4) is 5.75 Å². The van der Waals surface area contributed by atoms with Crippen molar-refractivity contribution in [2.75, 3.05) is 37.7 Å². The van der Waals surface area contributed by atoms with Crippen LogP contribution in [0.2, 0.25) is 5.02 Å². The maximum Gasteiger partial charge on any atom is 0.260 e. The Bertz CT molecular complexity index is 1100. The van der Waals surface area contributed by atoms with Crippen molar-refractivity contribution in [3.05, 3.63) is 58.6 Å². The number of aliphatic hydroxyl groups is 1. The number of nitrogens with zero attached hydrogens (tertiary/aromatic N) is 2. The number of para-hydroxylation sites is 1. The minimum Gasteiger partial charge on any atom is -0.491 e. The molecule has 2 aromatic carbocycles. The van der Waals surface area contributed by atoms with E-state index in [1.807, 2.05) is 18.2 Å². The maximum absolute atomic E-state index is 13.5. The Morgan fingerprint density at radius 3 is 2.61 bits per heavy atom. The number of nitrogens with one attached hydrogen (secondary N) is 1. The normalized spacial score (nSPS) is 16.3. The summed E-state index contributed by atoms with van der Waals surface area (Å²) in [6, 6.07) is 12.0. The molecule has 1 heterocycles. The van der Waals surface area contributed by atoms with E-state index in [9.17, 15) is 14.4 Å². The van der Waals surface area contributed by atoms with Crippen LogP contribution in [-0.4, -0.2) is 60.6 Å². The molecule has 1 aliphatic heterocycles. The van der Waals surface area contributed by atoms with Gasteiger partial charge in [-0.25, -0.2) is 0 Å². The smallest absolute Gasteiger partial charge is 0.260 e. The lowest BCUT2D eigenvalue weighted by molar-refractivity contribution is -0.135. The summed E-state index contributed by atoms with van der Waals surface area (Å²) < 4.78 is 5.36. The van der Waals surface area contributed by atoms with Crippen LogP contribution in [0.1, 0.15) is 48.0 Å². The van der Waals surface area contributed by atoms with Crippen molar-refractivity contribution < 1.29 is 24.2 Å². The fraction of sp³-hybridized carbons (Fsp3) is 0.444. The number of halogens is 1. The summed E-state index contributed by atoms with van der Waals surface area (Å²) in [7, 11) is 0. The lowest BCUT2D eigenvalue weighted by Crippen LogP contribution is -2.45. The first-order valence-electron chi connectivity index (χ1n) is 12.4. The summed E-state index contributed by atoms with van der Waals surface area (Å²) in [4.78, 5) is 42.3. The van der Waals surface area contributed by atoms with Gasteiger partial charge in [0.25, 0.3) is 5.91 Å².